The van der Waals surface area contributed by atoms with E-state index in [2.05, 4.69) is 4.74 Å². The van der Waals surface area contributed by atoms with Crippen molar-refractivity contribution in [1.29, 1.82) is 0 Å². The smallest absolute Gasteiger partial charge is 0.303 e. The van der Waals surface area contributed by atoms with Gasteiger partial charge in [-0.2, -0.15) is 0 Å². The van der Waals surface area contributed by atoms with E-state index in [0.29, 0.717) is 0 Å². The Hall–Kier alpha value is -1.06. The van der Waals surface area contributed by atoms with Crippen molar-refractivity contribution < 1.29 is 14.3 Å². The van der Waals surface area contributed by atoms with Crippen LogP contribution in [0.4, 0.5) is 0 Å². The van der Waals surface area contributed by atoms with E-state index in [1.165, 1.54) is 13.8 Å². The fourth-order valence-corrected chi connectivity index (χ4v) is 0.307. The van der Waals surface area contributed by atoms with E-state index in [4.69, 9.17) is 5.73 Å². The summed E-state index contributed by atoms with van der Waals surface area (Å²) in [5.41, 5.74) is 4.77. The SMILES string of the molecule is CC(=O)OC(C)C(N)=O. The van der Waals surface area contributed by atoms with E-state index in [-0.39, 0.29) is 0 Å². The van der Waals surface area contributed by atoms with Crippen molar-refractivity contribution in [3.8, 4) is 0 Å². The summed E-state index contributed by atoms with van der Waals surface area (Å²) in [6, 6.07) is 0. The molecule has 4 heteroatoms. The summed E-state index contributed by atoms with van der Waals surface area (Å²) in [6.07, 6.45) is -0.817. The van der Waals surface area contributed by atoms with Gasteiger partial charge < -0.3 is 10.5 Å². The van der Waals surface area contributed by atoms with E-state index in [0.717, 1.165) is 0 Å². The lowest BCUT2D eigenvalue weighted by molar-refractivity contribution is -0.151. The molecule has 0 aromatic carbocycles. The molecule has 0 radical (unpaired) electrons. The Morgan fingerprint density at radius 1 is 1.56 bits per heavy atom. The Balaban J connectivity index is 3.63. The number of amides is 1. The lowest BCUT2D eigenvalue weighted by Crippen LogP contribution is -2.29. The second-order valence-corrected chi connectivity index (χ2v) is 1.65. The minimum Gasteiger partial charge on any atom is -0.453 e. The molecule has 9 heavy (non-hydrogen) atoms. The van der Waals surface area contributed by atoms with E-state index in [1.54, 1.807) is 0 Å². The molecule has 0 fully saturated rings. The number of nitrogens with two attached hydrogens (primary N) is 1. The standard InChI is InChI=1S/C5H9NO3/c1-3(5(6)8)9-4(2)7/h3H,1-2H3,(H2,6,8). The van der Waals surface area contributed by atoms with Gasteiger partial charge in [-0.25, -0.2) is 0 Å². The topological polar surface area (TPSA) is 69.4 Å². The Morgan fingerprint density at radius 2 is 2.00 bits per heavy atom. The molecule has 52 valence electrons. The normalized spacial score (nSPS) is 12.2. The predicted molar refractivity (Wildman–Crippen MR) is 30.4 cm³/mol. The highest BCUT2D eigenvalue weighted by molar-refractivity contribution is 5.81. The molecule has 0 bridgehead atoms. The molecule has 0 spiro atoms. The maximum absolute atomic E-state index is 10.2. The van der Waals surface area contributed by atoms with Crippen LogP contribution in [0.1, 0.15) is 13.8 Å². The lowest BCUT2D eigenvalue weighted by atomic mass is 10.4. The molecule has 2 N–H and O–H groups in total. The van der Waals surface area contributed by atoms with Crippen molar-refractivity contribution in [2.45, 2.75) is 20.0 Å². The minimum absolute atomic E-state index is 0.499. The number of hydrogen-bond donors (Lipinski definition) is 1. The van der Waals surface area contributed by atoms with E-state index < -0.39 is 18.0 Å². The van der Waals surface area contributed by atoms with Crippen molar-refractivity contribution in [1.82, 2.24) is 0 Å². The second-order valence-electron chi connectivity index (χ2n) is 1.65. The minimum atomic E-state index is -0.817. The van der Waals surface area contributed by atoms with Crippen LogP contribution in [-0.4, -0.2) is 18.0 Å². The van der Waals surface area contributed by atoms with Gasteiger partial charge in [0, 0.05) is 6.92 Å². The molecule has 0 aliphatic heterocycles. The summed E-state index contributed by atoms with van der Waals surface area (Å²) in [7, 11) is 0. The molecule has 1 unspecified atom stereocenters. The van der Waals surface area contributed by atoms with Crippen LogP contribution < -0.4 is 5.73 Å². The summed E-state index contributed by atoms with van der Waals surface area (Å²) in [4.78, 5) is 20.3. The van der Waals surface area contributed by atoms with Crippen molar-refractivity contribution in [3.63, 3.8) is 0 Å². The third-order valence-corrected chi connectivity index (χ3v) is 0.743. The quantitative estimate of drug-likeness (QED) is 0.510. The molecule has 0 heterocycles. The van der Waals surface area contributed by atoms with Crippen molar-refractivity contribution in [2.75, 3.05) is 0 Å². The number of esters is 1. The van der Waals surface area contributed by atoms with E-state index in [9.17, 15) is 9.59 Å². The van der Waals surface area contributed by atoms with Gasteiger partial charge in [0.1, 0.15) is 0 Å². The highest BCUT2D eigenvalue weighted by Gasteiger charge is 2.09. The molecule has 0 aliphatic rings. The molecule has 0 rings (SSSR count). The fourth-order valence-electron chi connectivity index (χ4n) is 0.307. The number of rotatable bonds is 2. The average molecular weight is 131 g/mol. The summed E-state index contributed by atoms with van der Waals surface area (Å²) in [6.45, 7) is 2.64. The Kier molecular flexibility index (Phi) is 2.70. The van der Waals surface area contributed by atoms with Gasteiger partial charge in [0.2, 0.25) is 0 Å². The van der Waals surface area contributed by atoms with Crippen LogP contribution in [-0.2, 0) is 14.3 Å². The van der Waals surface area contributed by atoms with Crippen LogP contribution >= 0.6 is 0 Å². The molecule has 0 aromatic heterocycles. The maximum Gasteiger partial charge on any atom is 0.303 e. The summed E-state index contributed by atoms with van der Waals surface area (Å²) >= 11 is 0. The average Bonchev–Trinajstić information content (AvgIpc) is 1.63. The third-order valence-electron chi connectivity index (χ3n) is 0.743. The van der Waals surface area contributed by atoms with E-state index in [1.807, 2.05) is 0 Å². The first-order valence-electron chi connectivity index (χ1n) is 2.50. The molecule has 4 nitrogen and oxygen atoms in total. The molecule has 0 aromatic rings. The lowest BCUT2D eigenvalue weighted by Gasteiger charge is -2.05. The number of carbonyl (C=O) groups excluding carboxylic acids is 2. The number of ether oxygens (including phenoxy) is 1. The van der Waals surface area contributed by atoms with Gasteiger partial charge in [0.25, 0.3) is 5.91 Å². The molecular formula is C5H9NO3. The van der Waals surface area contributed by atoms with Crippen LogP contribution in [0, 0.1) is 0 Å². The summed E-state index contributed by atoms with van der Waals surface area (Å²) in [5.74, 6) is -1.13. The maximum atomic E-state index is 10.2. The zero-order valence-corrected chi connectivity index (χ0v) is 5.38. The van der Waals surface area contributed by atoms with Crippen LogP contribution in [0.2, 0.25) is 0 Å². The molecule has 1 atom stereocenters. The molecule has 0 saturated carbocycles. The van der Waals surface area contributed by atoms with E-state index >= 15 is 0 Å². The zero-order valence-electron chi connectivity index (χ0n) is 5.38. The van der Waals surface area contributed by atoms with Crippen molar-refractivity contribution in [3.05, 3.63) is 0 Å². The number of primary amides is 1. The number of hydrogen-bond acceptors (Lipinski definition) is 3. The molecule has 0 saturated heterocycles. The van der Waals surface area contributed by atoms with Gasteiger partial charge in [0.05, 0.1) is 0 Å². The van der Waals surface area contributed by atoms with Crippen LogP contribution in [0.15, 0.2) is 0 Å². The number of carbonyl (C=O) groups is 2. The van der Waals surface area contributed by atoms with Gasteiger partial charge >= 0.3 is 5.97 Å². The van der Waals surface area contributed by atoms with Crippen LogP contribution in [0.5, 0.6) is 0 Å². The Labute approximate surface area is 53.0 Å². The fraction of sp³-hybridized carbons (Fsp3) is 0.600. The molecule has 0 aliphatic carbocycles. The Morgan fingerprint density at radius 3 is 2.11 bits per heavy atom. The van der Waals surface area contributed by atoms with Crippen LogP contribution in [0.25, 0.3) is 0 Å². The predicted octanol–water partition coefficient (Wildman–Crippen LogP) is -0.577. The first-order chi connectivity index (χ1) is 4.04. The monoisotopic (exact) mass is 131 g/mol. The Bertz CT molecular complexity index is 132. The second kappa shape index (κ2) is 3.06. The highest BCUT2D eigenvalue weighted by atomic mass is 16.5. The van der Waals surface area contributed by atoms with Gasteiger partial charge in [-0.05, 0) is 6.92 Å². The van der Waals surface area contributed by atoms with Crippen molar-refractivity contribution in [2.24, 2.45) is 5.73 Å². The molecule has 1 amide bonds. The highest BCUT2D eigenvalue weighted by Crippen LogP contribution is 1.87. The largest absolute Gasteiger partial charge is 0.453 e. The summed E-state index contributed by atoms with van der Waals surface area (Å²) < 4.78 is 4.40. The summed E-state index contributed by atoms with van der Waals surface area (Å²) in [5, 5.41) is 0. The first-order valence-corrected chi connectivity index (χ1v) is 2.50. The van der Waals surface area contributed by atoms with Gasteiger partial charge in [-0.1, -0.05) is 0 Å². The first kappa shape index (κ1) is 7.94. The van der Waals surface area contributed by atoms with Gasteiger partial charge in [-0.3, -0.25) is 9.59 Å². The van der Waals surface area contributed by atoms with Gasteiger partial charge in [-0.15, -0.1) is 0 Å². The van der Waals surface area contributed by atoms with Gasteiger partial charge in [0.15, 0.2) is 6.10 Å². The molecular weight excluding hydrogens is 122 g/mol. The third kappa shape index (κ3) is 3.52. The van der Waals surface area contributed by atoms with Crippen molar-refractivity contribution >= 4 is 11.9 Å². The zero-order chi connectivity index (χ0) is 7.44. The van der Waals surface area contributed by atoms with Crippen LogP contribution in [0.3, 0.4) is 0 Å².